The average Bonchev–Trinajstić information content (AvgIpc) is 0.781. The van der Waals surface area contributed by atoms with Gasteiger partial charge in [-0.15, -0.1) is 0 Å². The third kappa shape index (κ3) is 32.2. The lowest BCUT2D eigenvalue weighted by atomic mass is 9.95. The fourth-order valence-corrected chi connectivity index (χ4v) is 16.0. The number of carbonyl (C=O) groups excluding carboxylic acids is 5. The lowest BCUT2D eigenvalue weighted by Gasteiger charge is -2.49. The Bertz CT molecular complexity index is 3320. The molecule has 6 aliphatic heterocycles. The van der Waals surface area contributed by atoms with Crippen LogP contribution in [0.3, 0.4) is 0 Å². The van der Waals surface area contributed by atoms with Crippen LogP contribution in [-0.2, 0) is 99.8 Å². The van der Waals surface area contributed by atoms with Gasteiger partial charge in [-0.25, -0.2) is 0 Å². The molecule has 0 spiro atoms. The summed E-state index contributed by atoms with van der Waals surface area (Å²) < 4.78 is 104. The van der Waals surface area contributed by atoms with Crippen molar-refractivity contribution in [3.8, 4) is 5.75 Å². The highest BCUT2D eigenvalue weighted by Gasteiger charge is 2.59. The van der Waals surface area contributed by atoms with Crippen LogP contribution in [-0.4, -0.2) is 371 Å². The Morgan fingerprint density at radius 3 is 1.36 bits per heavy atom. The molecule has 6 aliphatic rings. The Labute approximate surface area is 748 Å². The second kappa shape index (κ2) is 55.3. The molecule has 40 heteroatoms. The van der Waals surface area contributed by atoms with Crippen LogP contribution in [0.25, 0.3) is 0 Å². The van der Waals surface area contributed by atoms with Crippen molar-refractivity contribution in [2.45, 2.75) is 450 Å². The van der Waals surface area contributed by atoms with Crippen molar-refractivity contribution in [3.63, 3.8) is 0 Å². The van der Waals surface area contributed by atoms with Gasteiger partial charge in [0.15, 0.2) is 68.4 Å². The Kier molecular flexibility index (Phi) is 47.6. The molecule has 1 aromatic carbocycles. The average molecular weight is 1850 g/mol. The summed E-state index contributed by atoms with van der Waals surface area (Å²) in [7, 11) is 1.46. The van der Waals surface area contributed by atoms with Crippen LogP contribution < -0.4 is 10.1 Å². The van der Waals surface area contributed by atoms with Gasteiger partial charge < -0.3 is 177 Å². The van der Waals surface area contributed by atoms with Crippen LogP contribution >= 0.6 is 0 Å². The van der Waals surface area contributed by atoms with Crippen LogP contribution in [0.1, 0.15) is 223 Å². The summed E-state index contributed by atoms with van der Waals surface area (Å²) in [6.07, 6.45) is -45.6. The van der Waals surface area contributed by atoms with Gasteiger partial charge >= 0.3 is 23.9 Å². The standard InChI is InChI=1S/C88H149NO39/c1-12-14-25-32-55(33-27-22-18-16-20-24-28-34-60(96)122-79-77(127-84-72(108)68(104)62(98)48(7)114-84)74(124-81(110)44(3)46(5)92)50(9)116-87(79)119-57(65(101)64(100)56(95)41-90)40-89-52-36-38-54(112-11)39-37-52)118-83-71(107)67(103)59(43-113-83)121-86-76(70(106)66(102)58(42-91)120-86)126-88-80(123-61(97)35-29-23-19-15-17-21-26-31-53(94)30-13-2)78(128-85-73(109)69(105)63(99)49(8)115-85)75(51(10)117-88)125-82(111)45(4)47(6)93/h36-39,41,44-51,53,55-59,62-80,83-89,91-95,98-109H,12-35,40,42-43H2,1-11H3/t44-,45-,46+,47+,48-,49+,50-,51-,53+,55+,56+,57-,58-,59+,62-,63+,64-,65-,66-,67-,68+,69-,70+,71+,72+,73-,74-,75-,76-,77+,78+,79+,80+,83-,84-,85+,86+,87-,88-/m1/s1. The van der Waals surface area contributed by atoms with Crippen LogP contribution in [0.4, 0.5) is 5.69 Å². The molecule has 0 unspecified atom stereocenters. The Morgan fingerprint density at radius 2 is 0.883 bits per heavy atom. The Hall–Kier alpha value is -4.79. The lowest BCUT2D eigenvalue weighted by molar-refractivity contribution is -0.391. The number of aldehydes is 1. The number of rotatable bonds is 55. The molecule has 0 amide bonds. The monoisotopic (exact) mass is 1840 g/mol. The molecule has 18 N–H and O–H groups in total. The highest BCUT2D eigenvalue weighted by Crippen LogP contribution is 2.40. The number of ether oxygens (including phenoxy) is 17. The first-order valence-electron chi connectivity index (χ1n) is 45.8. The molecule has 6 fully saturated rings. The molecule has 39 atom stereocenters. The van der Waals surface area contributed by atoms with Gasteiger partial charge in [-0.3, -0.25) is 19.2 Å². The van der Waals surface area contributed by atoms with Crippen molar-refractivity contribution >= 4 is 35.9 Å². The molecule has 740 valence electrons. The van der Waals surface area contributed by atoms with Crippen LogP contribution in [0.15, 0.2) is 24.3 Å². The van der Waals surface area contributed by atoms with Gasteiger partial charge in [0, 0.05) is 25.1 Å². The fraction of sp³-hybridized carbons (Fsp3) is 0.875. The maximum Gasteiger partial charge on any atom is 0.311 e. The van der Waals surface area contributed by atoms with E-state index in [1.807, 2.05) is 13.8 Å². The molecule has 6 saturated heterocycles. The number of unbranched alkanes of at least 4 members (excludes halogenated alkanes) is 14. The normalized spacial score (nSPS) is 35.3. The van der Waals surface area contributed by atoms with Gasteiger partial charge in [0.05, 0.1) is 81.0 Å². The first kappa shape index (κ1) is 110. The van der Waals surface area contributed by atoms with E-state index < -0.39 is 270 Å². The molecule has 6 heterocycles. The molecular formula is C88H149NO39. The molecule has 128 heavy (non-hydrogen) atoms. The summed E-state index contributed by atoms with van der Waals surface area (Å²) in [6.45, 7) is 13.4. The van der Waals surface area contributed by atoms with Crippen LogP contribution in [0.2, 0.25) is 0 Å². The lowest BCUT2D eigenvalue weighted by Crippen LogP contribution is -2.67. The largest absolute Gasteiger partial charge is 0.497 e. The SMILES string of the molecule is CCCCC[C@@H](CCCCCCCCCC(=O)O[C@@H]1[C@@H](O[C@H](CNc2ccc(OC)cc2)[C@@H](O)[C@H](O)[C@@H](O)C=O)O[C@H](C)[C@@H](OC(=O)[C@H](C)[C@H](C)O)[C@@H]1O[C@H]1O[C@H](C)[C@@H](O)[C@H](O)[C@@H]1O)O[C@H]1OC[C@H](O[C@@H]2O[C@H](CO)[C@@H](O)[C@H](O)[C@H]2O[C@H]2O[C@H](C)[C@@H](OC(=O)[C@H](C)[C@H](C)O)[C@H](O[C@@H]3O[C@@H](C)[C@H](O)[C@@H](O)[C@H]3O)[C@@H]2OC(=O)CCCCCCCCC[C@@H](O)CCC)[C@@H](O)[C@@H]1O. The van der Waals surface area contributed by atoms with E-state index in [4.69, 9.17) is 80.5 Å². The van der Waals surface area contributed by atoms with Gasteiger partial charge in [0.2, 0.25) is 0 Å². The summed E-state index contributed by atoms with van der Waals surface area (Å²) in [5.41, 5.74) is 0.447. The second-order valence-electron chi connectivity index (χ2n) is 35.0. The number of aliphatic hydroxyl groups excluding tert-OH is 17. The number of esters is 4. The van der Waals surface area contributed by atoms with Crippen molar-refractivity contribution in [3.05, 3.63) is 24.3 Å². The van der Waals surface area contributed by atoms with Crippen molar-refractivity contribution in [1.82, 2.24) is 0 Å². The maximum absolute atomic E-state index is 14.3. The number of methoxy groups -OCH3 is 1. The van der Waals surface area contributed by atoms with Crippen molar-refractivity contribution in [1.29, 1.82) is 0 Å². The number of hydrogen-bond acceptors (Lipinski definition) is 40. The Balaban J connectivity index is 1.01. The van der Waals surface area contributed by atoms with E-state index in [1.165, 1.54) is 62.5 Å². The number of benzene rings is 1. The first-order chi connectivity index (χ1) is 60.9. The fourth-order valence-electron chi connectivity index (χ4n) is 16.0. The number of anilines is 1. The molecule has 7 rings (SSSR count). The summed E-state index contributed by atoms with van der Waals surface area (Å²) >= 11 is 0. The van der Waals surface area contributed by atoms with Crippen molar-refractivity contribution in [2.24, 2.45) is 11.8 Å². The quantitative estimate of drug-likeness (QED) is 0.0186. The minimum Gasteiger partial charge on any atom is -0.497 e. The predicted octanol–water partition coefficient (Wildman–Crippen LogP) is 0.806. The van der Waals surface area contributed by atoms with Crippen molar-refractivity contribution < 1.29 is 191 Å². The van der Waals surface area contributed by atoms with Gasteiger partial charge in [-0.05, 0) is 118 Å². The third-order valence-corrected chi connectivity index (χ3v) is 24.8. The zero-order valence-corrected chi connectivity index (χ0v) is 75.6. The number of aliphatic hydroxyl groups is 17. The topological polar surface area (TPSA) is 598 Å². The van der Waals surface area contributed by atoms with E-state index in [9.17, 15) is 111 Å². The minimum atomic E-state index is -2.16. The van der Waals surface area contributed by atoms with Crippen molar-refractivity contribution in [2.75, 3.05) is 32.2 Å². The van der Waals surface area contributed by atoms with Gasteiger partial charge in [-0.1, -0.05) is 117 Å². The molecule has 0 aromatic heterocycles. The summed E-state index contributed by atoms with van der Waals surface area (Å²) in [6, 6.07) is 6.49. The highest BCUT2D eigenvalue weighted by molar-refractivity contribution is 5.74. The molecule has 0 saturated carbocycles. The first-order valence-corrected chi connectivity index (χ1v) is 45.8. The number of nitrogens with one attached hydrogen (secondary N) is 1. The molecule has 0 aliphatic carbocycles. The van der Waals surface area contributed by atoms with Gasteiger partial charge in [-0.2, -0.15) is 0 Å². The van der Waals surface area contributed by atoms with E-state index >= 15 is 0 Å². The highest BCUT2D eigenvalue weighted by atomic mass is 16.8. The predicted molar refractivity (Wildman–Crippen MR) is 447 cm³/mol. The molecule has 0 bridgehead atoms. The van der Waals surface area contributed by atoms with Crippen LogP contribution in [0, 0.1) is 11.8 Å². The molecule has 1 aromatic rings. The zero-order valence-electron chi connectivity index (χ0n) is 75.6. The summed E-state index contributed by atoms with van der Waals surface area (Å²) in [4.78, 5) is 67.7. The summed E-state index contributed by atoms with van der Waals surface area (Å²) in [5, 5.41) is 191. The van der Waals surface area contributed by atoms with E-state index in [1.54, 1.807) is 24.3 Å². The smallest absolute Gasteiger partial charge is 0.311 e. The number of hydrogen-bond donors (Lipinski definition) is 18. The molecule has 40 nitrogen and oxygen atoms in total. The zero-order chi connectivity index (χ0) is 94.3. The van der Waals surface area contributed by atoms with E-state index in [0.29, 0.717) is 69.2 Å². The van der Waals surface area contributed by atoms with E-state index in [2.05, 4.69) is 5.32 Å². The Morgan fingerprint density at radius 1 is 0.438 bits per heavy atom. The maximum atomic E-state index is 14.3. The van der Waals surface area contributed by atoms with E-state index in [-0.39, 0.29) is 38.2 Å². The second-order valence-corrected chi connectivity index (χ2v) is 35.0. The third-order valence-electron chi connectivity index (χ3n) is 24.8. The van der Waals surface area contributed by atoms with Gasteiger partial charge in [0.1, 0.15) is 122 Å². The van der Waals surface area contributed by atoms with E-state index in [0.717, 1.165) is 77.0 Å². The minimum absolute atomic E-state index is 0.00197. The molecular weight excluding hydrogens is 1690 g/mol. The summed E-state index contributed by atoms with van der Waals surface area (Å²) in [5.74, 6) is -5.43. The van der Waals surface area contributed by atoms with Crippen LogP contribution in [0.5, 0.6) is 5.75 Å². The number of carbonyl (C=O) groups is 5. The van der Waals surface area contributed by atoms with Gasteiger partial charge in [0.25, 0.3) is 0 Å². The molecule has 0 radical (unpaired) electrons.